The van der Waals surface area contributed by atoms with Gasteiger partial charge in [0.1, 0.15) is 11.3 Å². The monoisotopic (exact) mass is 364 g/mol. The minimum atomic E-state index is 0.538. The normalized spacial score (nSPS) is 11.2. The highest BCUT2D eigenvalue weighted by molar-refractivity contribution is 9.10. The lowest BCUT2D eigenvalue weighted by Crippen LogP contribution is -2.07. The highest BCUT2D eigenvalue weighted by Gasteiger charge is 2.12. The maximum absolute atomic E-state index is 5.90. The fraction of sp³-hybridized carbons (Fsp3) is 0.267. The fourth-order valence-corrected chi connectivity index (χ4v) is 2.74. The van der Waals surface area contributed by atoms with Crippen molar-refractivity contribution in [3.8, 4) is 0 Å². The summed E-state index contributed by atoms with van der Waals surface area (Å²) in [7, 11) is 0. The predicted molar refractivity (Wildman–Crippen MR) is 87.7 cm³/mol. The highest BCUT2D eigenvalue weighted by atomic mass is 79.9. The van der Waals surface area contributed by atoms with E-state index in [-0.39, 0.29) is 0 Å². The molecule has 0 spiro atoms. The van der Waals surface area contributed by atoms with Crippen LogP contribution in [0, 0.1) is 6.92 Å². The maximum Gasteiger partial charge on any atom is 0.160 e. The Morgan fingerprint density at radius 3 is 2.81 bits per heavy atom. The number of nitrogens with zero attached hydrogens (tertiary/aromatic N) is 4. The molecular formula is C15H14BrClN4. The summed E-state index contributed by atoms with van der Waals surface area (Å²) in [5.74, 6) is 1.49. The molecule has 3 rings (SSSR count). The highest BCUT2D eigenvalue weighted by Crippen LogP contribution is 2.20. The summed E-state index contributed by atoms with van der Waals surface area (Å²) in [6.45, 7) is 2.68. The molecule has 3 aromatic rings. The standard InChI is InChI=1S/C15H14BrClN4/c1-10-2-3-11(7-18-10)9-21-14(4-5-17)20-13-6-12(16)8-19-15(13)21/h2-3,6-8H,4-5,9H2,1H3. The summed E-state index contributed by atoms with van der Waals surface area (Å²) >= 11 is 9.33. The van der Waals surface area contributed by atoms with Gasteiger partial charge >= 0.3 is 0 Å². The molecule has 0 amide bonds. The van der Waals surface area contributed by atoms with E-state index in [0.29, 0.717) is 12.4 Å². The van der Waals surface area contributed by atoms with Crippen molar-refractivity contribution in [3.63, 3.8) is 0 Å². The number of imidazole rings is 1. The van der Waals surface area contributed by atoms with Crippen LogP contribution in [0.3, 0.4) is 0 Å². The molecule has 3 aromatic heterocycles. The lowest BCUT2D eigenvalue weighted by molar-refractivity contribution is 0.744. The molecule has 0 fully saturated rings. The van der Waals surface area contributed by atoms with E-state index in [1.54, 1.807) is 6.20 Å². The van der Waals surface area contributed by atoms with Crippen LogP contribution in [-0.2, 0) is 13.0 Å². The number of fused-ring (bicyclic) bond motifs is 1. The Morgan fingerprint density at radius 1 is 1.24 bits per heavy atom. The molecule has 4 nitrogen and oxygen atoms in total. The predicted octanol–water partition coefficient (Wildman–Crippen LogP) is 3.73. The van der Waals surface area contributed by atoms with Gasteiger partial charge in [0, 0.05) is 34.9 Å². The zero-order chi connectivity index (χ0) is 14.8. The number of aryl methyl sites for hydroxylation is 2. The van der Waals surface area contributed by atoms with Crippen LogP contribution in [0.15, 0.2) is 35.1 Å². The Morgan fingerprint density at radius 2 is 2.10 bits per heavy atom. The first kappa shape index (κ1) is 14.5. The molecule has 0 saturated heterocycles. The Hall–Kier alpha value is -1.46. The minimum Gasteiger partial charge on any atom is -0.308 e. The van der Waals surface area contributed by atoms with E-state index in [1.807, 2.05) is 25.3 Å². The van der Waals surface area contributed by atoms with Crippen molar-refractivity contribution in [2.75, 3.05) is 5.88 Å². The average molecular weight is 366 g/mol. The quantitative estimate of drug-likeness (QED) is 0.662. The fourth-order valence-electron chi connectivity index (χ4n) is 2.25. The van der Waals surface area contributed by atoms with Crippen molar-refractivity contribution in [2.24, 2.45) is 0 Å². The summed E-state index contributed by atoms with van der Waals surface area (Å²) in [6.07, 6.45) is 4.40. The van der Waals surface area contributed by atoms with Gasteiger partial charge in [0.15, 0.2) is 5.65 Å². The molecule has 0 atom stereocenters. The van der Waals surface area contributed by atoms with Crippen molar-refractivity contribution in [3.05, 3.63) is 52.1 Å². The van der Waals surface area contributed by atoms with Gasteiger partial charge in [-0.3, -0.25) is 4.98 Å². The third-order valence-electron chi connectivity index (χ3n) is 3.26. The Bertz CT molecular complexity index is 767. The molecule has 0 bridgehead atoms. The van der Waals surface area contributed by atoms with E-state index in [1.165, 1.54) is 0 Å². The molecular weight excluding hydrogens is 352 g/mol. The number of aromatic nitrogens is 4. The number of hydrogen-bond donors (Lipinski definition) is 0. The van der Waals surface area contributed by atoms with Gasteiger partial charge in [-0.25, -0.2) is 9.97 Å². The maximum atomic E-state index is 5.90. The Labute approximate surface area is 136 Å². The van der Waals surface area contributed by atoms with Crippen molar-refractivity contribution in [1.29, 1.82) is 0 Å². The van der Waals surface area contributed by atoms with E-state index in [0.717, 1.165) is 39.1 Å². The van der Waals surface area contributed by atoms with Gasteiger partial charge in [0.2, 0.25) is 0 Å². The van der Waals surface area contributed by atoms with Crippen LogP contribution >= 0.6 is 27.5 Å². The SMILES string of the molecule is Cc1ccc(Cn2c(CCCl)nc3cc(Br)cnc32)cn1. The molecule has 0 aromatic carbocycles. The molecule has 108 valence electrons. The number of pyridine rings is 2. The molecule has 6 heteroatoms. The van der Waals surface area contributed by atoms with Gasteiger partial charge in [-0.15, -0.1) is 11.6 Å². The van der Waals surface area contributed by atoms with Gasteiger partial charge in [0.05, 0.1) is 6.54 Å². The summed E-state index contributed by atoms with van der Waals surface area (Å²) in [5.41, 5.74) is 3.89. The first-order valence-electron chi connectivity index (χ1n) is 6.65. The summed E-state index contributed by atoms with van der Waals surface area (Å²) in [4.78, 5) is 13.5. The molecule has 0 unspecified atom stereocenters. The first-order valence-corrected chi connectivity index (χ1v) is 7.98. The minimum absolute atomic E-state index is 0.538. The molecule has 0 aliphatic carbocycles. The number of halogens is 2. The Kier molecular flexibility index (Phi) is 4.22. The van der Waals surface area contributed by atoms with Crippen molar-refractivity contribution in [2.45, 2.75) is 19.9 Å². The number of alkyl halides is 1. The third-order valence-corrected chi connectivity index (χ3v) is 3.88. The molecule has 0 aliphatic rings. The van der Waals surface area contributed by atoms with Crippen LogP contribution < -0.4 is 0 Å². The van der Waals surface area contributed by atoms with Crippen LogP contribution in [-0.4, -0.2) is 25.4 Å². The van der Waals surface area contributed by atoms with Crippen molar-refractivity contribution in [1.82, 2.24) is 19.5 Å². The van der Waals surface area contributed by atoms with Gasteiger partial charge in [-0.2, -0.15) is 0 Å². The second-order valence-corrected chi connectivity index (χ2v) is 6.15. The van der Waals surface area contributed by atoms with Gasteiger partial charge in [-0.1, -0.05) is 6.07 Å². The zero-order valence-electron chi connectivity index (χ0n) is 11.6. The van der Waals surface area contributed by atoms with Crippen molar-refractivity contribution >= 4 is 38.7 Å². The van der Waals surface area contributed by atoms with E-state index in [9.17, 15) is 0 Å². The van der Waals surface area contributed by atoms with Crippen LogP contribution in [0.4, 0.5) is 0 Å². The zero-order valence-corrected chi connectivity index (χ0v) is 13.9. The molecule has 0 N–H and O–H groups in total. The molecule has 0 saturated carbocycles. The van der Waals surface area contributed by atoms with Crippen LogP contribution in [0.1, 0.15) is 17.1 Å². The molecule has 0 radical (unpaired) electrons. The summed E-state index contributed by atoms with van der Waals surface area (Å²) in [6, 6.07) is 6.07. The first-order chi connectivity index (χ1) is 10.2. The Balaban J connectivity index is 2.06. The molecule has 3 heterocycles. The largest absolute Gasteiger partial charge is 0.308 e. The van der Waals surface area contributed by atoms with Crippen LogP contribution in [0.5, 0.6) is 0 Å². The summed E-state index contributed by atoms with van der Waals surface area (Å²) < 4.78 is 3.03. The van der Waals surface area contributed by atoms with E-state index in [2.05, 4.69) is 41.5 Å². The molecule has 0 aliphatic heterocycles. The van der Waals surface area contributed by atoms with Gasteiger partial charge in [-0.05, 0) is 40.5 Å². The van der Waals surface area contributed by atoms with Crippen LogP contribution in [0.25, 0.3) is 11.2 Å². The average Bonchev–Trinajstić information content (AvgIpc) is 2.79. The lowest BCUT2D eigenvalue weighted by Gasteiger charge is -2.08. The number of hydrogen-bond acceptors (Lipinski definition) is 3. The third kappa shape index (κ3) is 3.09. The second kappa shape index (κ2) is 6.12. The smallest absolute Gasteiger partial charge is 0.160 e. The number of rotatable bonds is 4. The van der Waals surface area contributed by atoms with Gasteiger partial charge in [0.25, 0.3) is 0 Å². The van der Waals surface area contributed by atoms with Crippen LogP contribution in [0.2, 0.25) is 0 Å². The van der Waals surface area contributed by atoms with E-state index >= 15 is 0 Å². The second-order valence-electron chi connectivity index (χ2n) is 4.86. The lowest BCUT2D eigenvalue weighted by atomic mass is 10.2. The topological polar surface area (TPSA) is 43.6 Å². The molecule has 21 heavy (non-hydrogen) atoms. The van der Waals surface area contributed by atoms with Gasteiger partial charge < -0.3 is 4.57 Å². The van der Waals surface area contributed by atoms with E-state index in [4.69, 9.17) is 11.6 Å². The summed E-state index contributed by atoms with van der Waals surface area (Å²) in [5, 5.41) is 0. The van der Waals surface area contributed by atoms with Crippen molar-refractivity contribution < 1.29 is 0 Å². The van der Waals surface area contributed by atoms with E-state index < -0.39 is 0 Å².